The van der Waals surface area contributed by atoms with E-state index in [0.717, 1.165) is 30.1 Å². The van der Waals surface area contributed by atoms with Crippen LogP contribution in [0.3, 0.4) is 0 Å². The van der Waals surface area contributed by atoms with Crippen LogP contribution in [-0.2, 0) is 0 Å². The van der Waals surface area contributed by atoms with E-state index in [1.807, 2.05) is 16.6 Å². The fourth-order valence-electron chi connectivity index (χ4n) is 2.46. The van der Waals surface area contributed by atoms with E-state index >= 15 is 0 Å². The zero-order valence-corrected chi connectivity index (χ0v) is 11.2. The van der Waals surface area contributed by atoms with Crippen LogP contribution >= 0.6 is 0 Å². The van der Waals surface area contributed by atoms with Gasteiger partial charge in [0.25, 0.3) is 0 Å². The fraction of sp³-hybridized carbons (Fsp3) is 0.429. The molecule has 1 saturated heterocycles. The van der Waals surface area contributed by atoms with Gasteiger partial charge in [-0.25, -0.2) is 4.98 Å². The Labute approximate surface area is 112 Å². The molecule has 3 heterocycles. The van der Waals surface area contributed by atoms with Crippen LogP contribution < -0.4 is 4.90 Å². The Morgan fingerprint density at radius 2 is 2.32 bits per heavy atom. The Balaban J connectivity index is 2.10. The molecule has 100 valence electrons. The SMILES string of the molecule is CC(C)=Cc1cc(N2CCC(O)C2)n2nccc2n1. The fourth-order valence-corrected chi connectivity index (χ4v) is 2.46. The van der Waals surface area contributed by atoms with E-state index in [1.54, 1.807) is 6.20 Å². The van der Waals surface area contributed by atoms with Gasteiger partial charge < -0.3 is 10.0 Å². The minimum atomic E-state index is -0.245. The molecular formula is C14H18N4O. The second kappa shape index (κ2) is 4.66. The van der Waals surface area contributed by atoms with Gasteiger partial charge in [-0.2, -0.15) is 9.61 Å². The van der Waals surface area contributed by atoms with Crippen LogP contribution in [0, 0.1) is 0 Å². The van der Waals surface area contributed by atoms with Crippen LogP contribution in [0.25, 0.3) is 11.7 Å². The zero-order valence-electron chi connectivity index (χ0n) is 11.2. The van der Waals surface area contributed by atoms with Gasteiger partial charge in [0.2, 0.25) is 0 Å². The van der Waals surface area contributed by atoms with Gasteiger partial charge in [0, 0.05) is 25.2 Å². The van der Waals surface area contributed by atoms with Crippen molar-refractivity contribution in [2.45, 2.75) is 26.4 Å². The standard InChI is InChI=1S/C14H18N4O/c1-10(2)7-11-8-14(17-6-4-12(19)9-17)18-13(16-11)3-5-15-18/h3,5,7-8,12,19H,4,6,9H2,1-2H3. The molecule has 0 saturated carbocycles. The van der Waals surface area contributed by atoms with E-state index in [9.17, 15) is 5.11 Å². The van der Waals surface area contributed by atoms with Crippen LogP contribution in [-0.4, -0.2) is 38.9 Å². The number of fused-ring (bicyclic) bond motifs is 1. The number of rotatable bonds is 2. The lowest BCUT2D eigenvalue weighted by molar-refractivity contribution is 0.198. The van der Waals surface area contributed by atoms with E-state index in [4.69, 9.17) is 0 Å². The van der Waals surface area contributed by atoms with Gasteiger partial charge >= 0.3 is 0 Å². The Morgan fingerprint density at radius 1 is 1.47 bits per heavy atom. The van der Waals surface area contributed by atoms with Gasteiger partial charge in [0.05, 0.1) is 18.0 Å². The maximum absolute atomic E-state index is 9.70. The largest absolute Gasteiger partial charge is 0.391 e. The van der Waals surface area contributed by atoms with Crippen LogP contribution in [0.15, 0.2) is 23.9 Å². The van der Waals surface area contributed by atoms with E-state index in [0.29, 0.717) is 6.54 Å². The third-order valence-corrected chi connectivity index (χ3v) is 3.28. The topological polar surface area (TPSA) is 53.7 Å². The van der Waals surface area contributed by atoms with Crippen molar-refractivity contribution in [1.29, 1.82) is 0 Å². The molecule has 1 aliphatic heterocycles. The van der Waals surface area contributed by atoms with Crippen molar-refractivity contribution in [2.24, 2.45) is 0 Å². The molecule has 1 atom stereocenters. The van der Waals surface area contributed by atoms with Crippen LogP contribution in [0.1, 0.15) is 26.0 Å². The average molecular weight is 258 g/mol. The lowest BCUT2D eigenvalue weighted by atomic mass is 10.2. The summed E-state index contributed by atoms with van der Waals surface area (Å²) in [4.78, 5) is 6.72. The van der Waals surface area contributed by atoms with Crippen molar-refractivity contribution >= 4 is 17.5 Å². The number of β-amino-alcohol motifs (C(OH)–C–C–N with tert-alkyl or cyclic N) is 1. The molecule has 0 radical (unpaired) electrons. The zero-order chi connectivity index (χ0) is 13.4. The second-order valence-corrected chi connectivity index (χ2v) is 5.25. The molecule has 5 nitrogen and oxygen atoms in total. The molecule has 2 aromatic rings. The Hall–Kier alpha value is -1.88. The molecule has 0 spiro atoms. The van der Waals surface area contributed by atoms with Gasteiger partial charge in [-0.15, -0.1) is 0 Å². The summed E-state index contributed by atoms with van der Waals surface area (Å²) in [6.07, 6.45) is 4.38. The number of hydrogen-bond acceptors (Lipinski definition) is 4. The monoisotopic (exact) mass is 258 g/mol. The van der Waals surface area contributed by atoms with E-state index in [2.05, 4.69) is 34.9 Å². The maximum atomic E-state index is 9.70. The predicted molar refractivity (Wildman–Crippen MR) is 75.1 cm³/mol. The Morgan fingerprint density at radius 3 is 3.00 bits per heavy atom. The molecule has 19 heavy (non-hydrogen) atoms. The molecule has 1 aliphatic rings. The minimum Gasteiger partial charge on any atom is -0.391 e. The van der Waals surface area contributed by atoms with Gasteiger partial charge in [-0.1, -0.05) is 5.57 Å². The molecule has 0 aliphatic carbocycles. The van der Waals surface area contributed by atoms with Crippen LogP contribution in [0.4, 0.5) is 5.82 Å². The minimum absolute atomic E-state index is 0.245. The van der Waals surface area contributed by atoms with Crippen molar-refractivity contribution in [1.82, 2.24) is 14.6 Å². The number of allylic oxidation sites excluding steroid dienone is 1. The molecule has 0 amide bonds. The summed E-state index contributed by atoms with van der Waals surface area (Å²) in [6, 6.07) is 3.93. The lowest BCUT2D eigenvalue weighted by Crippen LogP contribution is -2.24. The lowest BCUT2D eigenvalue weighted by Gasteiger charge is -2.19. The molecule has 3 rings (SSSR count). The van der Waals surface area contributed by atoms with Crippen LogP contribution in [0.5, 0.6) is 0 Å². The molecule has 5 heteroatoms. The van der Waals surface area contributed by atoms with E-state index in [-0.39, 0.29) is 6.10 Å². The van der Waals surface area contributed by atoms with Crippen molar-refractivity contribution in [3.05, 3.63) is 29.6 Å². The summed E-state index contributed by atoms with van der Waals surface area (Å²) in [6.45, 7) is 5.63. The summed E-state index contributed by atoms with van der Waals surface area (Å²) >= 11 is 0. The van der Waals surface area contributed by atoms with Crippen molar-refractivity contribution in [2.75, 3.05) is 18.0 Å². The smallest absolute Gasteiger partial charge is 0.157 e. The highest BCUT2D eigenvalue weighted by Crippen LogP contribution is 2.22. The maximum Gasteiger partial charge on any atom is 0.157 e. The summed E-state index contributed by atoms with van der Waals surface area (Å²) in [5.41, 5.74) is 2.99. The molecule has 2 aromatic heterocycles. The summed E-state index contributed by atoms with van der Waals surface area (Å²) in [5.74, 6) is 0.999. The first-order chi connectivity index (χ1) is 9.13. The number of hydrogen-bond donors (Lipinski definition) is 1. The summed E-state index contributed by atoms with van der Waals surface area (Å²) in [5, 5.41) is 14.0. The summed E-state index contributed by atoms with van der Waals surface area (Å²) < 4.78 is 1.83. The van der Waals surface area contributed by atoms with Gasteiger partial charge in [-0.05, 0) is 26.3 Å². The number of nitrogens with zero attached hydrogens (tertiary/aromatic N) is 4. The highest BCUT2D eigenvalue weighted by Gasteiger charge is 2.23. The molecule has 0 aromatic carbocycles. The van der Waals surface area contributed by atoms with Gasteiger partial charge in [0.1, 0.15) is 5.82 Å². The first-order valence-electron chi connectivity index (χ1n) is 6.56. The van der Waals surface area contributed by atoms with E-state index < -0.39 is 0 Å². The number of anilines is 1. The molecule has 1 N–H and O–H groups in total. The number of aliphatic hydroxyl groups is 1. The normalized spacial score (nSPS) is 19.1. The highest BCUT2D eigenvalue weighted by atomic mass is 16.3. The molecule has 1 unspecified atom stereocenters. The molecule has 0 bridgehead atoms. The quantitative estimate of drug-likeness (QED) is 0.891. The average Bonchev–Trinajstić information content (AvgIpc) is 2.95. The Kier molecular flexibility index (Phi) is 2.98. The third-order valence-electron chi connectivity index (χ3n) is 3.28. The van der Waals surface area contributed by atoms with Gasteiger partial charge in [0.15, 0.2) is 5.65 Å². The van der Waals surface area contributed by atoms with E-state index in [1.165, 1.54) is 5.57 Å². The van der Waals surface area contributed by atoms with Crippen molar-refractivity contribution < 1.29 is 5.11 Å². The molecular weight excluding hydrogens is 240 g/mol. The van der Waals surface area contributed by atoms with Crippen molar-refractivity contribution in [3.63, 3.8) is 0 Å². The third kappa shape index (κ3) is 2.33. The highest BCUT2D eigenvalue weighted by molar-refractivity contribution is 5.59. The van der Waals surface area contributed by atoms with Gasteiger partial charge in [-0.3, -0.25) is 0 Å². The first kappa shape index (κ1) is 12.2. The predicted octanol–water partition coefficient (Wildman–Crippen LogP) is 1.72. The summed E-state index contributed by atoms with van der Waals surface area (Å²) in [7, 11) is 0. The number of aliphatic hydroxyl groups excluding tert-OH is 1. The molecule has 1 fully saturated rings. The first-order valence-corrected chi connectivity index (χ1v) is 6.56. The Bertz CT molecular complexity index is 627. The van der Waals surface area contributed by atoms with Crippen LogP contribution in [0.2, 0.25) is 0 Å². The number of aromatic nitrogens is 3. The second-order valence-electron chi connectivity index (χ2n) is 5.25. The van der Waals surface area contributed by atoms with Crippen molar-refractivity contribution in [3.8, 4) is 0 Å².